The molecule has 0 amide bonds. The smallest absolute Gasteiger partial charge is 0.294 e. The van der Waals surface area contributed by atoms with Gasteiger partial charge in [0.2, 0.25) is 0 Å². The summed E-state index contributed by atoms with van der Waals surface area (Å²) in [4.78, 5) is 34.1. The second-order valence-corrected chi connectivity index (χ2v) is 10.2. The van der Waals surface area contributed by atoms with E-state index in [9.17, 15) is 20.1 Å². The third-order valence-corrected chi connectivity index (χ3v) is 7.62. The van der Waals surface area contributed by atoms with Gasteiger partial charge in [0, 0.05) is 43.2 Å². The van der Waals surface area contributed by atoms with Crippen LogP contribution in [0.4, 0.5) is 0 Å². The van der Waals surface area contributed by atoms with Crippen LogP contribution in [0.15, 0.2) is 33.0 Å². The fourth-order valence-corrected chi connectivity index (χ4v) is 5.66. The lowest BCUT2D eigenvalue weighted by Crippen LogP contribution is -2.44. The number of oxime groups is 1. The Balaban J connectivity index is 1.62. The molecule has 2 N–H and O–H groups in total. The highest BCUT2D eigenvalue weighted by Crippen LogP contribution is 2.34. The first-order valence-electron chi connectivity index (χ1n) is 12.9. The molecule has 1 aromatic carbocycles. The van der Waals surface area contributed by atoms with Gasteiger partial charge in [-0.25, -0.2) is 8.82 Å². The average Bonchev–Trinajstić information content (AvgIpc) is 3.17. The van der Waals surface area contributed by atoms with Gasteiger partial charge < -0.3 is 19.8 Å². The number of H-pyrrole nitrogens is 1. The molecule has 39 heavy (non-hydrogen) atoms. The van der Waals surface area contributed by atoms with Gasteiger partial charge in [0.15, 0.2) is 5.82 Å². The summed E-state index contributed by atoms with van der Waals surface area (Å²) < 4.78 is 9.78. The van der Waals surface area contributed by atoms with Crippen LogP contribution in [-0.4, -0.2) is 86.2 Å². The lowest BCUT2D eigenvalue weighted by molar-refractivity contribution is -0.757. The van der Waals surface area contributed by atoms with Crippen LogP contribution in [0.2, 0.25) is 0 Å². The summed E-state index contributed by atoms with van der Waals surface area (Å²) in [5.41, 5.74) is 3.00. The lowest BCUT2D eigenvalue weighted by Gasteiger charge is -2.33. The number of aryl methyl sites for hydroxylation is 2. The molecule has 1 fully saturated rings. The Morgan fingerprint density at radius 3 is 2.72 bits per heavy atom. The number of nitrogens with zero attached hydrogens (tertiary/aromatic N) is 6. The summed E-state index contributed by atoms with van der Waals surface area (Å²) in [5, 5.41) is 26.8. The predicted molar refractivity (Wildman–Crippen MR) is 147 cm³/mol. The standard InChI is InChI=1S/C25H33N7O6S/c1-4-6-21-20(16-26-34)17(3)23-25(33)27-24(28-31(21)23)19-15-18(7-8-22(19)37-5-2)39-30-11-9-29(10-12-30)13-14-38-32(35)36/h7-8,15-16,34H,4-6,9-14H2,1-3H3,(H,27,28,33)/b26-16+. The molecular weight excluding hydrogens is 526 g/mol. The van der Waals surface area contributed by atoms with E-state index in [1.807, 2.05) is 39.0 Å². The van der Waals surface area contributed by atoms with E-state index >= 15 is 0 Å². The Kier molecular flexibility index (Phi) is 9.43. The van der Waals surface area contributed by atoms with Crippen molar-refractivity contribution in [3.63, 3.8) is 0 Å². The third-order valence-electron chi connectivity index (χ3n) is 6.53. The van der Waals surface area contributed by atoms with Crippen molar-refractivity contribution in [1.29, 1.82) is 0 Å². The predicted octanol–water partition coefficient (Wildman–Crippen LogP) is 2.99. The second-order valence-electron chi connectivity index (χ2n) is 9.05. The summed E-state index contributed by atoms with van der Waals surface area (Å²) in [6.45, 7) is 9.90. The van der Waals surface area contributed by atoms with Gasteiger partial charge >= 0.3 is 0 Å². The lowest BCUT2D eigenvalue weighted by atomic mass is 10.1. The van der Waals surface area contributed by atoms with Gasteiger partial charge in [-0.05, 0) is 56.0 Å². The zero-order valence-corrected chi connectivity index (χ0v) is 23.1. The van der Waals surface area contributed by atoms with Gasteiger partial charge in [0.05, 0.1) is 24.1 Å². The molecule has 0 radical (unpaired) electrons. The molecule has 2 aromatic heterocycles. The van der Waals surface area contributed by atoms with Crippen LogP contribution >= 0.6 is 11.9 Å². The number of hydrogen-bond donors (Lipinski definition) is 2. The molecule has 1 aliphatic rings. The Morgan fingerprint density at radius 2 is 2.05 bits per heavy atom. The highest BCUT2D eigenvalue weighted by Gasteiger charge is 2.22. The van der Waals surface area contributed by atoms with E-state index in [0.717, 1.165) is 43.2 Å². The number of aromatic nitrogens is 3. The maximum absolute atomic E-state index is 13.3. The van der Waals surface area contributed by atoms with Crippen molar-refractivity contribution in [3.05, 3.63) is 55.5 Å². The van der Waals surface area contributed by atoms with Crippen molar-refractivity contribution < 1.29 is 19.9 Å². The number of benzene rings is 1. The number of fused-ring (bicyclic) bond motifs is 1. The van der Waals surface area contributed by atoms with Gasteiger partial charge in [0.1, 0.15) is 17.9 Å². The van der Waals surface area contributed by atoms with Gasteiger partial charge in [-0.2, -0.15) is 0 Å². The fraction of sp³-hybridized carbons (Fsp3) is 0.480. The Bertz CT molecular complexity index is 1400. The molecule has 0 saturated carbocycles. The molecule has 1 saturated heterocycles. The zero-order chi connectivity index (χ0) is 27.9. The molecule has 0 bridgehead atoms. The van der Waals surface area contributed by atoms with Gasteiger partial charge in [-0.15, -0.1) is 15.2 Å². The summed E-state index contributed by atoms with van der Waals surface area (Å²) >= 11 is 1.60. The van der Waals surface area contributed by atoms with Crippen LogP contribution in [0.5, 0.6) is 5.75 Å². The van der Waals surface area contributed by atoms with Crippen molar-refractivity contribution >= 4 is 23.7 Å². The minimum Gasteiger partial charge on any atom is -0.493 e. The number of ether oxygens (including phenoxy) is 1. The third kappa shape index (κ3) is 6.52. The normalized spacial score (nSPS) is 14.8. The summed E-state index contributed by atoms with van der Waals surface area (Å²) in [7, 11) is 0. The first-order valence-corrected chi connectivity index (χ1v) is 13.6. The SMILES string of the molecule is CCCc1c(/C=N/O)c(C)c2c(=O)[nH]c(-c3cc(SN4CCN(CCO[N+](=O)[O-])CC4)ccc3OCC)nn12. The highest BCUT2D eigenvalue weighted by molar-refractivity contribution is 7.97. The molecule has 0 spiro atoms. The van der Waals surface area contributed by atoms with Crippen molar-refractivity contribution in [2.75, 3.05) is 45.9 Å². The van der Waals surface area contributed by atoms with Crippen LogP contribution in [-0.2, 0) is 11.3 Å². The van der Waals surface area contributed by atoms with Gasteiger partial charge in [-0.3, -0.25) is 9.69 Å². The monoisotopic (exact) mass is 559 g/mol. The summed E-state index contributed by atoms with van der Waals surface area (Å²) in [6, 6.07) is 5.82. The highest BCUT2D eigenvalue weighted by atomic mass is 32.2. The van der Waals surface area contributed by atoms with E-state index in [2.05, 4.69) is 24.2 Å². The molecule has 13 nitrogen and oxygen atoms in total. The number of nitrogens with one attached hydrogen (secondary N) is 1. The van der Waals surface area contributed by atoms with E-state index in [-0.39, 0.29) is 12.2 Å². The molecule has 210 valence electrons. The second kappa shape index (κ2) is 13.0. The summed E-state index contributed by atoms with van der Waals surface area (Å²) in [6.07, 6.45) is 2.84. The molecule has 0 atom stereocenters. The topological polar surface area (TPSA) is 151 Å². The number of hydrogen-bond acceptors (Lipinski definition) is 11. The molecule has 3 aromatic rings. The largest absolute Gasteiger partial charge is 0.493 e. The van der Waals surface area contributed by atoms with E-state index in [1.165, 1.54) is 6.21 Å². The molecular formula is C25H33N7O6S. The minimum absolute atomic E-state index is 0.0626. The first-order chi connectivity index (χ1) is 18.9. The molecule has 14 heteroatoms. The van der Waals surface area contributed by atoms with Crippen LogP contribution in [0.25, 0.3) is 16.9 Å². The van der Waals surface area contributed by atoms with Crippen molar-refractivity contribution in [2.24, 2.45) is 5.16 Å². The van der Waals surface area contributed by atoms with Crippen molar-refractivity contribution in [3.8, 4) is 17.1 Å². The summed E-state index contributed by atoms with van der Waals surface area (Å²) in [5.74, 6) is 0.992. The first kappa shape index (κ1) is 28.4. The van der Waals surface area contributed by atoms with E-state index < -0.39 is 5.09 Å². The fourth-order valence-electron chi connectivity index (χ4n) is 4.72. The zero-order valence-electron chi connectivity index (χ0n) is 22.3. The Hall–Kier alpha value is -3.62. The van der Waals surface area contributed by atoms with Crippen molar-refractivity contribution in [1.82, 2.24) is 23.8 Å². The molecule has 4 rings (SSSR count). The van der Waals surface area contributed by atoms with Crippen LogP contribution in [0.1, 0.15) is 37.1 Å². The molecule has 3 heterocycles. The minimum atomic E-state index is -0.764. The van der Waals surface area contributed by atoms with E-state index in [4.69, 9.17) is 9.84 Å². The van der Waals surface area contributed by atoms with Crippen LogP contribution in [0, 0.1) is 17.0 Å². The number of piperazine rings is 1. The van der Waals surface area contributed by atoms with Gasteiger partial charge in [0.25, 0.3) is 10.6 Å². The number of rotatable bonds is 12. The number of aromatic amines is 1. The molecule has 1 aliphatic heterocycles. The quantitative estimate of drug-likeness (QED) is 0.111. The Labute approximate surface area is 229 Å². The van der Waals surface area contributed by atoms with Crippen LogP contribution < -0.4 is 10.3 Å². The van der Waals surface area contributed by atoms with Crippen molar-refractivity contribution in [2.45, 2.75) is 38.5 Å². The van der Waals surface area contributed by atoms with Gasteiger partial charge in [-0.1, -0.05) is 18.5 Å². The Morgan fingerprint density at radius 1 is 1.28 bits per heavy atom. The maximum atomic E-state index is 13.3. The van der Waals surface area contributed by atoms with E-state index in [1.54, 1.807) is 16.5 Å². The van der Waals surface area contributed by atoms with E-state index in [0.29, 0.717) is 53.4 Å². The molecule has 0 aliphatic carbocycles. The average molecular weight is 560 g/mol. The van der Waals surface area contributed by atoms with Crippen LogP contribution in [0.3, 0.4) is 0 Å². The maximum Gasteiger partial charge on any atom is 0.294 e. The molecule has 0 unspecified atom stereocenters.